The van der Waals surface area contributed by atoms with Gasteiger partial charge >= 0.3 is 0 Å². The van der Waals surface area contributed by atoms with E-state index in [4.69, 9.17) is 14.7 Å². The minimum absolute atomic E-state index is 0.0485. The van der Waals surface area contributed by atoms with Crippen molar-refractivity contribution >= 4 is 5.82 Å². The molecule has 3 heterocycles. The fourth-order valence-corrected chi connectivity index (χ4v) is 3.97. The number of ether oxygens (including phenoxy) is 1. The normalized spacial score (nSPS) is 23.1. The van der Waals surface area contributed by atoms with Crippen LogP contribution < -0.4 is 4.90 Å². The van der Waals surface area contributed by atoms with Crippen molar-refractivity contribution in [2.45, 2.75) is 57.6 Å². The maximum Gasteiger partial charge on any atom is 0.163 e. The molecule has 1 saturated heterocycles. The van der Waals surface area contributed by atoms with Crippen molar-refractivity contribution in [3.63, 3.8) is 0 Å². The van der Waals surface area contributed by atoms with E-state index in [2.05, 4.69) is 26.6 Å². The molecule has 0 radical (unpaired) electrons. The number of hydrogen-bond donors (Lipinski definition) is 0. The Morgan fingerprint density at radius 3 is 3.00 bits per heavy atom. The van der Waals surface area contributed by atoms with Crippen molar-refractivity contribution in [3.8, 4) is 0 Å². The zero-order valence-electron chi connectivity index (χ0n) is 14.7. The van der Waals surface area contributed by atoms with Crippen LogP contribution in [0.4, 0.5) is 5.82 Å². The predicted octanol–water partition coefficient (Wildman–Crippen LogP) is 2.03. The third kappa shape index (κ3) is 2.70. The number of aromatic nitrogens is 5. The highest BCUT2D eigenvalue weighted by molar-refractivity contribution is 5.52. The van der Waals surface area contributed by atoms with E-state index in [-0.39, 0.29) is 6.10 Å². The maximum absolute atomic E-state index is 6.02. The van der Waals surface area contributed by atoms with Gasteiger partial charge in [0.05, 0.1) is 13.2 Å². The number of anilines is 1. The van der Waals surface area contributed by atoms with E-state index in [1.807, 2.05) is 0 Å². The molecule has 1 saturated carbocycles. The molecule has 2 aromatic rings. The molecule has 0 N–H and O–H groups in total. The SMILES string of the molecule is CCn1cnnc1C1CN(c2nc(C3CC3)nc3c2CCC3)CCO1. The fraction of sp³-hybridized carbons (Fsp3) is 0.667. The lowest BCUT2D eigenvalue weighted by Gasteiger charge is -2.34. The molecule has 3 aliphatic rings. The molecule has 0 spiro atoms. The van der Waals surface area contributed by atoms with Gasteiger partial charge in [0.2, 0.25) is 0 Å². The van der Waals surface area contributed by atoms with Crippen LogP contribution in [0.2, 0.25) is 0 Å². The van der Waals surface area contributed by atoms with Gasteiger partial charge in [-0.2, -0.15) is 0 Å². The number of hydrogen-bond acceptors (Lipinski definition) is 6. The second kappa shape index (κ2) is 6.05. The molecule has 1 unspecified atom stereocenters. The van der Waals surface area contributed by atoms with Crippen LogP contribution in [0.3, 0.4) is 0 Å². The quantitative estimate of drug-likeness (QED) is 0.848. The van der Waals surface area contributed by atoms with E-state index in [1.54, 1.807) is 6.33 Å². The Hall–Kier alpha value is -2.02. The van der Waals surface area contributed by atoms with Gasteiger partial charge in [-0.3, -0.25) is 0 Å². The predicted molar refractivity (Wildman–Crippen MR) is 92.6 cm³/mol. The van der Waals surface area contributed by atoms with Crippen LogP contribution in [0, 0.1) is 0 Å². The topological polar surface area (TPSA) is 69.0 Å². The van der Waals surface area contributed by atoms with Gasteiger partial charge in [0, 0.05) is 30.3 Å². The average Bonchev–Trinajstić information content (AvgIpc) is 3.20. The van der Waals surface area contributed by atoms with Crippen LogP contribution in [-0.4, -0.2) is 44.4 Å². The molecule has 5 rings (SSSR count). The summed E-state index contributed by atoms with van der Waals surface area (Å²) in [7, 11) is 0. The molecule has 1 atom stereocenters. The van der Waals surface area contributed by atoms with Crippen molar-refractivity contribution in [1.29, 1.82) is 0 Å². The first-order valence-electron chi connectivity index (χ1n) is 9.47. The van der Waals surface area contributed by atoms with Crippen molar-refractivity contribution < 1.29 is 4.74 Å². The van der Waals surface area contributed by atoms with Crippen LogP contribution in [0.5, 0.6) is 0 Å². The van der Waals surface area contributed by atoms with Gasteiger partial charge in [-0.1, -0.05) is 0 Å². The first-order valence-corrected chi connectivity index (χ1v) is 9.47. The molecule has 2 fully saturated rings. The van der Waals surface area contributed by atoms with Crippen molar-refractivity contribution in [1.82, 2.24) is 24.7 Å². The van der Waals surface area contributed by atoms with Crippen LogP contribution >= 0.6 is 0 Å². The third-order valence-electron chi connectivity index (χ3n) is 5.51. The van der Waals surface area contributed by atoms with Gasteiger partial charge < -0.3 is 14.2 Å². The van der Waals surface area contributed by atoms with E-state index in [0.29, 0.717) is 12.5 Å². The zero-order chi connectivity index (χ0) is 16.8. The number of rotatable bonds is 4. The monoisotopic (exact) mass is 340 g/mol. The van der Waals surface area contributed by atoms with Gasteiger partial charge in [-0.15, -0.1) is 10.2 Å². The summed E-state index contributed by atoms with van der Waals surface area (Å²) in [5.74, 6) is 3.72. The largest absolute Gasteiger partial charge is 0.366 e. The van der Waals surface area contributed by atoms with Gasteiger partial charge in [0.1, 0.15) is 24.1 Å². The number of aryl methyl sites for hydroxylation is 2. The van der Waals surface area contributed by atoms with Gasteiger partial charge in [-0.05, 0) is 39.0 Å². The molecule has 25 heavy (non-hydrogen) atoms. The van der Waals surface area contributed by atoms with Gasteiger partial charge in [0.25, 0.3) is 0 Å². The lowest BCUT2D eigenvalue weighted by Crippen LogP contribution is -2.40. The van der Waals surface area contributed by atoms with Crippen LogP contribution in [0.15, 0.2) is 6.33 Å². The van der Waals surface area contributed by atoms with Crippen LogP contribution in [0.1, 0.15) is 61.1 Å². The highest BCUT2D eigenvalue weighted by atomic mass is 16.5. The lowest BCUT2D eigenvalue weighted by molar-refractivity contribution is 0.0313. The lowest BCUT2D eigenvalue weighted by atomic mass is 10.2. The summed E-state index contributed by atoms with van der Waals surface area (Å²) in [6, 6.07) is 0. The molecule has 7 heteroatoms. The molecular weight excluding hydrogens is 316 g/mol. The second-order valence-electron chi connectivity index (χ2n) is 7.24. The Bertz CT molecular complexity index is 784. The summed E-state index contributed by atoms with van der Waals surface area (Å²) < 4.78 is 8.08. The van der Waals surface area contributed by atoms with E-state index < -0.39 is 0 Å². The molecule has 0 aromatic carbocycles. The molecule has 2 aliphatic carbocycles. The van der Waals surface area contributed by atoms with Crippen LogP contribution in [0.25, 0.3) is 0 Å². The summed E-state index contributed by atoms with van der Waals surface area (Å²) in [5.41, 5.74) is 2.65. The summed E-state index contributed by atoms with van der Waals surface area (Å²) in [6.45, 7) is 5.32. The summed E-state index contributed by atoms with van der Waals surface area (Å²) in [6.07, 6.45) is 7.61. The molecule has 132 valence electrons. The zero-order valence-corrected chi connectivity index (χ0v) is 14.7. The number of nitrogens with zero attached hydrogens (tertiary/aromatic N) is 6. The highest BCUT2D eigenvalue weighted by Gasteiger charge is 2.33. The minimum Gasteiger partial charge on any atom is -0.366 e. The molecule has 0 bridgehead atoms. The first kappa shape index (κ1) is 15.3. The molecule has 2 aromatic heterocycles. The number of morpholine rings is 1. The molecule has 7 nitrogen and oxygen atoms in total. The van der Waals surface area contributed by atoms with Crippen LogP contribution in [-0.2, 0) is 24.1 Å². The van der Waals surface area contributed by atoms with Crippen molar-refractivity contribution in [2.24, 2.45) is 0 Å². The molecule has 1 aliphatic heterocycles. The third-order valence-corrected chi connectivity index (χ3v) is 5.51. The summed E-state index contributed by atoms with van der Waals surface area (Å²) >= 11 is 0. The van der Waals surface area contributed by atoms with E-state index in [0.717, 1.165) is 49.9 Å². The Labute approximate surface area is 147 Å². The van der Waals surface area contributed by atoms with E-state index in [1.165, 1.54) is 30.5 Å². The van der Waals surface area contributed by atoms with Crippen molar-refractivity contribution in [3.05, 3.63) is 29.2 Å². The minimum atomic E-state index is -0.0485. The first-order chi connectivity index (χ1) is 12.3. The Balaban J connectivity index is 1.47. The fourth-order valence-electron chi connectivity index (χ4n) is 3.97. The Kier molecular flexibility index (Phi) is 3.69. The Morgan fingerprint density at radius 2 is 2.16 bits per heavy atom. The van der Waals surface area contributed by atoms with Gasteiger partial charge in [0.15, 0.2) is 5.82 Å². The summed E-state index contributed by atoms with van der Waals surface area (Å²) in [4.78, 5) is 12.3. The standard InChI is InChI=1S/C18H24N6O/c1-2-23-11-19-22-18(23)15-10-24(8-9-25-15)17-13-4-3-5-14(13)20-16(21-17)12-6-7-12/h11-12,15H,2-10H2,1H3. The van der Waals surface area contributed by atoms with E-state index >= 15 is 0 Å². The maximum atomic E-state index is 6.02. The smallest absolute Gasteiger partial charge is 0.163 e. The molecular formula is C18H24N6O. The van der Waals surface area contributed by atoms with E-state index in [9.17, 15) is 0 Å². The number of fused-ring (bicyclic) bond motifs is 1. The van der Waals surface area contributed by atoms with Crippen molar-refractivity contribution in [2.75, 3.05) is 24.6 Å². The Morgan fingerprint density at radius 1 is 1.24 bits per heavy atom. The highest BCUT2D eigenvalue weighted by Crippen LogP contribution is 2.41. The average molecular weight is 340 g/mol. The second-order valence-corrected chi connectivity index (χ2v) is 7.24. The summed E-state index contributed by atoms with van der Waals surface area (Å²) in [5, 5.41) is 8.35. The van der Waals surface area contributed by atoms with Gasteiger partial charge in [-0.25, -0.2) is 9.97 Å². The molecule has 0 amide bonds.